The maximum absolute atomic E-state index is 5.71. The average molecular weight is 268 g/mol. The number of hydrogen-bond donors (Lipinski definition) is 1. The van der Waals surface area contributed by atoms with Crippen LogP contribution >= 0.6 is 0 Å². The largest absolute Gasteiger partial charge is 0.493 e. The molecule has 3 heteroatoms. The summed E-state index contributed by atoms with van der Waals surface area (Å²) in [7, 11) is 0. The summed E-state index contributed by atoms with van der Waals surface area (Å²) in [6, 6.07) is 14.7. The van der Waals surface area contributed by atoms with E-state index in [0.29, 0.717) is 5.92 Å². The number of para-hydroxylation sites is 1. The van der Waals surface area contributed by atoms with Gasteiger partial charge in [-0.3, -0.25) is 4.98 Å². The Hall–Kier alpha value is -1.87. The van der Waals surface area contributed by atoms with Crippen molar-refractivity contribution in [1.29, 1.82) is 0 Å². The first-order chi connectivity index (χ1) is 9.84. The minimum Gasteiger partial charge on any atom is -0.493 e. The number of pyridine rings is 1. The van der Waals surface area contributed by atoms with Crippen LogP contribution in [0.25, 0.3) is 0 Å². The minimum absolute atomic E-state index is 0.270. The lowest BCUT2D eigenvalue weighted by Crippen LogP contribution is -2.28. The molecule has 1 aromatic heterocycles. The SMILES string of the molecule is C[C@@H](NCC1CCOc2ccccc21)c1ccccn1. The molecule has 1 unspecified atom stereocenters. The summed E-state index contributed by atoms with van der Waals surface area (Å²) in [4.78, 5) is 4.40. The number of rotatable bonds is 4. The molecule has 2 aromatic rings. The van der Waals surface area contributed by atoms with Crippen LogP contribution in [0.3, 0.4) is 0 Å². The second kappa shape index (κ2) is 6.06. The maximum Gasteiger partial charge on any atom is 0.122 e. The first-order valence-corrected chi connectivity index (χ1v) is 7.20. The minimum atomic E-state index is 0.270. The Labute approximate surface area is 120 Å². The summed E-state index contributed by atoms with van der Waals surface area (Å²) >= 11 is 0. The van der Waals surface area contributed by atoms with Crippen LogP contribution in [0.5, 0.6) is 5.75 Å². The van der Waals surface area contributed by atoms with E-state index in [1.807, 2.05) is 24.4 Å². The van der Waals surface area contributed by atoms with Gasteiger partial charge in [0.25, 0.3) is 0 Å². The van der Waals surface area contributed by atoms with Gasteiger partial charge >= 0.3 is 0 Å². The van der Waals surface area contributed by atoms with E-state index in [9.17, 15) is 0 Å². The molecular formula is C17H20N2O. The van der Waals surface area contributed by atoms with Crippen molar-refractivity contribution >= 4 is 0 Å². The van der Waals surface area contributed by atoms with Gasteiger partial charge in [-0.1, -0.05) is 24.3 Å². The Balaban J connectivity index is 1.65. The molecule has 0 saturated heterocycles. The fraction of sp³-hybridized carbons (Fsp3) is 0.353. The third kappa shape index (κ3) is 2.83. The van der Waals surface area contributed by atoms with Gasteiger partial charge in [0.1, 0.15) is 5.75 Å². The van der Waals surface area contributed by atoms with E-state index < -0.39 is 0 Å². The average Bonchev–Trinajstić information content (AvgIpc) is 2.53. The Morgan fingerprint density at radius 3 is 2.95 bits per heavy atom. The number of ether oxygens (including phenoxy) is 1. The molecule has 2 atom stereocenters. The van der Waals surface area contributed by atoms with E-state index in [4.69, 9.17) is 4.74 Å². The Morgan fingerprint density at radius 2 is 2.10 bits per heavy atom. The molecule has 0 fully saturated rings. The molecule has 0 aliphatic carbocycles. The van der Waals surface area contributed by atoms with E-state index in [0.717, 1.165) is 31.0 Å². The summed E-state index contributed by atoms with van der Waals surface area (Å²) < 4.78 is 5.71. The van der Waals surface area contributed by atoms with E-state index >= 15 is 0 Å². The number of aromatic nitrogens is 1. The molecule has 1 aromatic carbocycles. The summed E-state index contributed by atoms with van der Waals surface area (Å²) in [6.07, 6.45) is 2.91. The normalized spacial score (nSPS) is 18.9. The standard InChI is InChI=1S/C17H20N2O/c1-13(16-7-4-5-10-18-16)19-12-14-9-11-20-17-8-3-2-6-15(14)17/h2-8,10,13-14,19H,9,11-12H2,1H3/t13-,14?/m1/s1. The molecule has 1 aliphatic heterocycles. The van der Waals surface area contributed by atoms with Gasteiger partial charge in [-0.2, -0.15) is 0 Å². The van der Waals surface area contributed by atoms with Crippen molar-refractivity contribution in [2.45, 2.75) is 25.3 Å². The molecular weight excluding hydrogens is 248 g/mol. The summed E-state index contributed by atoms with van der Waals surface area (Å²) in [5.74, 6) is 1.56. The molecule has 104 valence electrons. The molecule has 3 nitrogen and oxygen atoms in total. The van der Waals surface area contributed by atoms with Crippen LogP contribution < -0.4 is 10.1 Å². The fourth-order valence-electron chi connectivity index (χ4n) is 2.68. The first-order valence-electron chi connectivity index (χ1n) is 7.20. The van der Waals surface area contributed by atoms with E-state index in [1.165, 1.54) is 5.56 Å². The van der Waals surface area contributed by atoms with Crippen LogP contribution in [-0.2, 0) is 0 Å². The number of benzene rings is 1. The molecule has 1 aliphatic rings. The van der Waals surface area contributed by atoms with Crippen molar-refractivity contribution in [2.75, 3.05) is 13.2 Å². The van der Waals surface area contributed by atoms with Crippen LogP contribution in [0.2, 0.25) is 0 Å². The molecule has 0 spiro atoms. The highest BCUT2D eigenvalue weighted by Gasteiger charge is 2.21. The van der Waals surface area contributed by atoms with Crippen molar-refractivity contribution in [3.05, 3.63) is 59.9 Å². The fourth-order valence-corrected chi connectivity index (χ4v) is 2.68. The summed E-state index contributed by atoms with van der Waals surface area (Å²) in [6.45, 7) is 3.92. The molecule has 0 bridgehead atoms. The second-order valence-corrected chi connectivity index (χ2v) is 5.26. The molecule has 0 radical (unpaired) electrons. The number of nitrogens with one attached hydrogen (secondary N) is 1. The lowest BCUT2D eigenvalue weighted by Gasteiger charge is -2.27. The van der Waals surface area contributed by atoms with Gasteiger partial charge in [-0.15, -0.1) is 0 Å². The highest BCUT2D eigenvalue weighted by molar-refractivity contribution is 5.37. The zero-order valence-corrected chi connectivity index (χ0v) is 11.8. The van der Waals surface area contributed by atoms with Gasteiger partial charge < -0.3 is 10.1 Å². The zero-order valence-electron chi connectivity index (χ0n) is 11.8. The molecule has 0 amide bonds. The van der Waals surface area contributed by atoms with Crippen molar-refractivity contribution in [3.8, 4) is 5.75 Å². The Kier molecular flexibility index (Phi) is 3.97. The smallest absolute Gasteiger partial charge is 0.122 e. The van der Waals surface area contributed by atoms with E-state index in [2.05, 4.69) is 41.5 Å². The van der Waals surface area contributed by atoms with Crippen molar-refractivity contribution in [1.82, 2.24) is 10.3 Å². The van der Waals surface area contributed by atoms with Gasteiger partial charge in [0.05, 0.1) is 12.3 Å². The Bertz CT molecular complexity index is 556. The lowest BCUT2D eigenvalue weighted by atomic mass is 9.93. The van der Waals surface area contributed by atoms with Gasteiger partial charge in [-0.25, -0.2) is 0 Å². The highest BCUT2D eigenvalue weighted by Crippen LogP contribution is 2.33. The van der Waals surface area contributed by atoms with Crippen molar-refractivity contribution in [2.24, 2.45) is 0 Å². The predicted molar refractivity (Wildman–Crippen MR) is 79.9 cm³/mol. The third-order valence-corrected chi connectivity index (χ3v) is 3.88. The van der Waals surface area contributed by atoms with Crippen LogP contribution in [0, 0.1) is 0 Å². The van der Waals surface area contributed by atoms with Crippen LogP contribution in [-0.4, -0.2) is 18.1 Å². The van der Waals surface area contributed by atoms with Gasteiger partial charge in [-0.05, 0) is 37.1 Å². The van der Waals surface area contributed by atoms with Crippen molar-refractivity contribution in [3.63, 3.8) is 0 Å². The molecule has 1 N–H and O–H groups in total. The van der Waals surface area contributed by atoms with Gasteiger partial charge in [0.2, 0.25) is 0 Å². The second-order valence-electron chi connectivity index (χ2n) is 5.26. The van der Waals surface area contributed by atoms with Crippen LogP contribution in [0.1, 0.15) is 36.6 Å². The topological polar surface area (TPSA) is 34.1 Å². The molecule has 20 heavy (non-hydrogen) atoms. The quantitative estimate of drug-likeness (QED) is 0.924. The monoisotopic (exact) mass is 268 g/mol. The lowest BCUT2D eigenvalue weighted by molar-refractivity contribution is 0.262. The third-order valence-electron chi connectivity index (χ3n) is 3.88. The first kappa shape index (κ1) is 13.1. The van der Waals surface area contributed by atoms with Gasteiger partial charge in [0, 0.05) is 24.7 Å². The molecule has 0 saturated carbocycles. The van der Waals surface area contributed by atoms with E-state index in [1.54, 1.807) is 0 Å². The molecule has 3 rings (SSSR count). The van der Waals surface area contributed by atoms with Gasteiger partial charge in [0.15, 0.2) is 0 Å². The van der Waals surface area contributed by atoms with Crippen LogP contribution in [0.15, 0.2) is 48.7 Å². The maximum atomic E-state index is 5.71. The predicted octanol–water partition coefficient (Wildman–Crippen LogP) is 3.30. The van der Waals surface area contributed by atoms with Crippen LogP contribution in [0.4, 0.5) is 0 Å². The van der Waals surface area contributed by atoms with E-state index in [-0.39, 0.29) is 6.04 Å². The number of hydrogen-bond acceptors (Lipinski definition) is 3. The highest BCUT2D eigenvalue weighted by atomic mass is 16.5. The Morgan fingerprint density at radius 1 is 1.25 bits per heavy atom. The number of nitrogens with zero attached hydrogens (tertiary/aromatic N) is 1. The zero-order chi connectivity index (χ0) is 13.8. The summed E-state index contributed by atoms with van der Waals surface area (Å²) in [5, 5.41) is 3.59. The summed E-state index contributed by atoms with van der Waals surface area (Å²) in [5.41, 5.74) is 2.41. The molecule has 2 heterocycles. The number of fused-ring (bicyclic) bond motifs is 1. The van der Waals surface area contributed by atoms with Crippen molar-refractivity contribution < 1.29 is 4.74 Å².